The maximum atomic E-state index is 6.72. The summed E-state index contributed by atoms with van der Waals surface area (Å²) in [6.45, 7) is 0. The third-order valence-corrected chi connectivity index (χ3v) is 17.9. The smallest absolute Gasteiger partial charge is 0.137 e. The largest absolute Gasteiger partial charge is 0.456 e. The van der Waals surface area contributed by atoms with Crippen LogP contribution in [0.4, 0.5) is 34.1 Å². The summed E-state index contributed by atoms with van der Waals surface area (Å²) in [6, 6.07) is 99.6. The van der Waals surface area contributed by atoms with Crippen LogP contribution in [0.15, 0.2) is 277 Å². The van der Waals surface area contributed by atoms with Crippen molar-refractivity contribution in [3.8, 4) is 27.9 Å². The van der Waals surface area contributed by atoms with Gasteiger partial charge in [0.05, 0.1) is 16.7 Å². The first-order valence-electron chi connectivity index (χ1n) is 26.4. The van der Waals surface area contributed by atoms with Crippen molar-refractivity contribution in [2.24, 2.45) is 0 Å². The van der Waals surface area contributed by atoms with E-state index in [9.17, 15) is 0 Å². The Kier molecular flexibility index (Phi) is 10.3. The molecule has 0 atom stereocenters. The Morgan fingerprint density at radius 2 is 0.897 bits per heavy atom. The number of fused-ring (bicyclic) bond motifs is 13. The molecule has 78 heavy (non-hydrogen) atoms. The summed E-state index contributed by atoms with van der Waals surface area (Å²) in [5, 5.41) is 9.58. The van der Waals surface area contributed by atoms with Gasteiger partial charge in [-0.3, -0.25) is 0 Å². The van der Waals surface area contributed by atoms with Crippen molar-refractivity contribution in [2.45, 2.75) is 0 Å². The summed E-state index contributed by atoms with van der Waals surface area (Å²) in [5.41, 5.74) is 16.1. The second kappa shape index (κ2) is 18.0. The quantitative estimate of drug-likeness (QED) is 0.144. The Morgan fingerprint density at radius 3 is 1.68 bits per heavy atom. The number of thiophene rings is 2. The third kappa shape index (κ3) is 7.11. The van der Waals surface area contributed by atoms with Crippen molar-refractivity contribution in [2.75, 3.05) is 9.80 Å². The van der Waals surface area contributed by atoms with Crippen molar-refractivity contribution in [3.05, 3.63) is 273 Å². The molecule has 0 aliphatic carbocycles. The maximum absolute atomic E-state index is 6.72. The zero-order valence-electron chi connectivity index (χ0n) is 42.0. The molecule has 0 unspecified atom stereocenters. The van der Waals surface area contributed by atoms with Gasteiger partial charge in [0.1, 0.15) is 11.2 Å². The van der Waals surface area contributed by atoms with Crippen molar-refractivity contribution >= 4 is 141 Å². The fourth-order valence-corrected chi connectivity index (χ4v) is 14.5. The number of nitrogens with zero attached hydrogens (tertiary/aromatic N) is 3. The summed E-state index contributed by atoms with van der Waals surface area (Å²) in [5.74, 6) is 0. The highest BCUT2D eigenvalue weighted by Gasteiger charge is 2.26. The van der Waals surface area contributed by atoms with Crippen LogP contribution in [0.2, 0.25) is 0 Å². The molecule has 12 aromatic carbocycles. The van der Waals surface area contributed by atoms with Crippen LogP contribution in [0.3, 0.4) is 0 Å². The van der Waals surface area contributed by atoms with Gasteiger partial charge < -0.3 is 18.8 Å². The summed E-state index contributed by atoms with van der Waals surface area (Å²) in [4.78, 5) is 4.90. The topological polar surface area (TPSA) is 24.6 Å². The molecule has 0 radical (unpaired) electrons. The Hall–Kier alpha value is -9.72. The van der Waals surface area contributed by atoms with Crippen LogP contribution in [0.5, 0.6) is 0 Å². The lowest BCUT2D eigenvalue weighted by atomic mass is 9.97. The molecule has 0 bridgehead atoms. The summed E-state index contributed by atoms with van der Waals surface area (Å²) >= 11 is 3.72. The standard InChI is InChI=1S/C72H45N3OS2/c1-4-19-46(20-5-1)47-35-37-51(38-36-47)73(49-21-6-2-7-22-49)53-41-48(60-45-61-55-25-10-14-29-62(55)75(50-23-8-3-9-24-50)71(61)70-59-28-13-17-33-67(59)78-72(60)70)42-54(43-53)74(52-39-40-57-56-26-11-15-31-64(56)76-65(57)44-52)63-30-18-34-68-69(63)58-27-12-16-32-66(58)77-68/h1-45H. The maximum Gasteiger partial charge on any atom is 0.137 e. The first kappa shape index (κ1) is 44.6. The fraction of sp³-hybridized carbons (Fsp3) is 0. The summed E-state index contributed by atoms with van der Waals surface area (Å²) in [6.07, 6.45) is 0. The average molecular weight is 1030 g/mol. The number of anilines is 6. The lowest BCUT2D eigenvalue weighted by Gasteiger charge is -2.31. The lowest BCUT2D eigenvalue weighted by molar-refractivity contribution is 0.669. The van der Waals surface area contributed by atoms with Gasteiger partial charge in [0.25, 0.3) is 0 Å². The van der Waals surface area contributed by atoms with Crippen molar-refractivity contribution < 1.29 is 4.42 Å². The van der Waals surface area contributed by atoms with Gasteiger partial charge in [-0.05, 0) is 126 Å². The molecule has 16 aromatic rings. The number of para-hydroxylation sites is 4. The Balaban J connectivity index is 1.03. The fourth-order valence-electron chi connectivity index (χ4n) is 12.1. The monoisotopic (exact) mass is 1030 g/mol. The zero-order chi connectivity index (χ0) is 51.3. The van der Waals surface area contributed by atoms with Crippen molar-refractivity contribution in [3.63, 3.8) is 0 Å². The molecular formula is C72H45N3OS2. The first-order chi connectivity index (χ1) is 38.7. The highest BCUT2D eigenvalue weighted by Crippen LogP contribution is 2.52. The van der Waals surface area contributed by atoms with Gasteiger partial charge in [0.2, 0.25) is 0 Å². The highest BCUT2D eigenvalue weighted by atomic mass is 32.1. The van der Waals surface area contributed by atoms with Crippen molar-refractivity contribution in [1.82, 2.24) is 4.57 Å². The Bertz CT molecular complexity index is 4980. The van der Waals surface area contributed by atoms with E-state index in [-0.39, 0.29) is 0 Å². The van der Waals surface area contributed by atoms with E-state index >= 15 is 0 Å². The van der Waals surface area contributed by atoms with E-state index in [4.69, 9.17) is 4.42 Å². The molecule has 0 saturated heterocycles. The third-order valence-electron chi connectivity index (χ3n) is 15.5. The van der Waals surface area contributed by atoms with E-state index in [1.165, 1.54) is 78.8 Å². The molecule has 16 rings (SSSR count). The number of aromatic nitrogens is 1. The SMILES string of the molecule is c1ccc(-c2ccc(N(c3ccccc3)c3cc(-c4cc5c6ccccc6n(-c6ccccc6)c5c5c4sc4ccccc45)cc(N(c4ccc5c(c4)oc4ccccc45)c4cccc5sc6ccccc6c45)c3)cc2)cc1. The van der Waals surface area contributed by atoms with Gasteiger partial charge in [0.15, 0.2) is 0 Å². The molecule has 0 aliphatic rings. The van der Waals surface area contributed by atoms with Gasteiger partial charge in [-0.1, -0.05) is 158 Å². The first-order valence-corrected chi connectivity index (χ1v) is 28.0. The molecule has 0 fully saturated rings. The van der Waals surface area contributed by atoms with Gasteiger partial charge in [-0.2, -0.15) is 0 Å². The molecule has 0 saturated carbocycles. The molecule has 4 aromatic heterocycles. The molecule has 0 aliphatic heterocycles. The van der Waals surface area contributed by atoms with Crippen LogP contribution in [0, 0.1) is 0 Å². The minimum atomic E-state index is 0.842. The van der Waals surface area contributed by atoms with Gasteiger partial charge in [0, 0.05) is 108 Å². The van der Waals surface area contributed by atoms with Crippen LogP contribution >= 0.6 is 22.7 Å². The summed E-state index contributed by atoms with van der Waals surface area (Å²) in [7, 11) is 0. The molecule has 0 spiro atoms. The molecular weight excluding hydrogens is 987 g/mol. The van der Waals surface area contributed by atoms with Crippen LogP contribution in [-0.4, -0.2) is 4.57 Å². The average Bonchev–Trinajstić information content (AvgIpc) is 4.43. The van der Waals surface area contributed by atoms with E-state index in [1.807, 2.05) is 28.7 Å². The van der Waals surface area contributed by atoms with Gasteiger partial charge >= 0.3 is 0 Å². The molecule has 6 heteroatoms. The molecule has 0 N–H and O–H groups in total. The van der Waals surface area contributed by atoms with Crippen LogP contribution in [0.1, 0.15) is 0 Å². The van der Waals surface area contributed by atoms with E-state index in [2.05, 4.69) is 281 Å². The van der Waals surface area contributed by atoms with Crippen LogP contribution in [0.25, 0.3) is 112 Å². The zero-order valence-corrected chi connectivity index (χ0v) is 43.7. The Labute approximate surface area is 457 Å². The normalized spacial score (nSPS) is 11.8. The van der Waals surface area contributed by atoms with E-state index in [0.29, 0.717) is 0 Å². The lowest BCUT2D eigenvalue weighted by Crippen LogP contribution is -2.14. The number of furan rings is 1. The highest BCUT2D eigenvalue weighted by molar-refractivity contribution is 7.26. The van der Waals surface area contributed by atoms with E-state index in [1.54, 1.807) is 0 Å². The molecule has 0 amide bonds. The van der Waals surface area contributed by atoms with Crippen molar-refractivity contribution in [1.29, 1.82) is 0 Å². The van der Waals surface area contributed by atoms with Crippen LogP contribution in [-0.2, 0) is 0 Å². The van der Waals surface area contributed by atoms with Gasteiger partial charge in [-0.15, -0.1) is 22.7 Å². The van der Waals surface area contributed by atoms with Crippen LogP contribution < -0.4 is 9.80 Å². The second-order valence-electron chi connectivity index (χ2n) is 20.0. The predicted octanol–water partition coefficient (Wildman–Crippen LogP) is 21.7. The van der Waals surface area contributed by atoms with E-state index < -0.39 is 0 Å². The summed E-state index contributed by atoms with van der Waals surface area (Å²) < 4.78 is 14.2. The van der Waals surface area contributed by atoms with E-state index in [0.717, 1.165) is 67.3 Å². The minimum absolute atomic E-state index is 0.842. The predicted molar refractivity (Wildman–Crippen MR) is 334 cm³/mol. The molecule has 4 heterocycles. The Morgan fingerprint density at radius 1 is 0.321 bits per heavy atom. The molecule has 366 valence electrons. The number of benzene rings is 12. The minimum Gasteiger partial charge on any atom is -0.456 e. The second-order valence-corrected chi connectivity index (χ2v) is 22.1. The number of rotatable bonds is 9. The number of hydrogen-bond acceptors (Lipinski definition) is 5. The molecule has 4 nitrogen and oxygen atoms in total. The number of hydrogen-bond donors (Lipinski definition) is 0. The van der Waals surface area contributed by atoms with Gasteiger partial charge in [-0.25, -0.2) is 0 Å².